The Morgan fingerprint density at radius 3 is 2.88 bits per heavy atom. The summed E-state index contributed by atoms with van der Waals surface area (Å²) in [7, 11) is 0. The molecule has 1 aliphatic rings. The Labute approximate surface area is 98.1 Å². The smallest absolute Gasteiger partial charge is 0.296 e. The van der Waals surface area contributed by atoms with Gasteiger partial charge in [0.1, 0.15) is 0 Å². The van der Waals surface area contributed by atoms with Crippen molar-refractivity contribution in [2.45, 2.75) is 6.42 Å². The lowest BCUT2D eigenvalue weighted by Crippen LogP contribution is -2.12. The van der Waals surface area contributed by atoms with Crippen molar-refractivity contribution < 1.29 is 9.59 Å². The van der Waals surface area contributed by atoms with Gasteiger partial charge in [0.05, 0.1) is 11.3 Å². The van der Waals surface area contributed by atoms with E-state index < -0.39 is 11.7 Å². The first-order valence-corrected chi connectivity index (χ1v) is 5.48. The van der Waals surface area contributed by atoms with Crippen LogP contribution in [0.3, 0.4) is 0 Å². The number of hydrogen-bond acceptors (Lipinski definition) is 2. The highest BCUT2D eigenvalue weighted by atomic mass is 35.5. The molecule has 2 rings (SSSR count). The van der Waals surface area contributed by atoms with Crippen LogP contribution in [0.25, 0.3) is 6.08 Å². The molecule has 0 aliphatic carbocycles. The molecule has 1 heterocycles. The van der Waals surface area contributed by atoms with Gasteiger partial charge in [-0.1, -0.05) is 24.3 Å². The third-order valence-electron chi connectivity index (χ3n) is 2.36. The number of anilines is 1. The Morgan fingerprint density at radius 2 is 2.12 bits per heavy atom. The van der Waals surface area contributed by atoms with Gasteiger partial charge in [-0.2, -0.15) is 0 Å². The highest BCUT2D eigenvalue weighted by Crippen LogP contribution is 2.28. The highest BCUT2D eigenvalue weighted by Gasteiger charge is 2.28. The Bertz CT molecular complexity index is 480. The molecule has 0 atom stereocenters. The third-order valence-corrected chi connectivity index (χ3v) is 2.58. The quantitative estimate of drug-likeness (QED) is 0.646. The van der Waals surface area contributed by atoms with E-state index in [9.17, 15) is 9.59 Å². The molecule has 1 aliphatic heterocycles. The Morgan fingerprint density at radius 1 is 1.31 bits per heavy atom. The van der Waals surface area contributed by atoms with Crippen LogP contribution in [-0.2, 0) is 4.79 Å². The number of halogens is 1. The van der Waals surface area contributed by atoms with Crippen molar-refractivity contribution in [1.29, 1.82) is 0 Å². The van der Waals surface area contributed by atoms with Crippen molar-refractivity contribution in [3.63, 3.8) is 0 Å². The van der Waals surface area contributed by atoms with Crippen molar-refractivity contribution in [1.82, 2.24) is 0 Å². The summed E-state index contributed by atoms with van der Waals surface area (Å²) >= 11 is 5.56. The van der Waals surface area contributed by atoms with Crippen LogP contribution in [0.4, 0.5) is 5.69 Å². The maximum atomic E-state index is 11.4. The summed E-state index contributed by atoms with van der Waals surface area (Å²) in [6.07, 6.45) is 4.53. The van der Waals surface area contributed by atoms with Crippen LogP contribution < -0.4 is 5.32 Å². The molecule has 0 bridgehead atoms. The van der Waals surface area contributed by atoms with Gasteiger partial charge in [0, 0.05) is 5.88 Å². The molecule has 82 valence electrons. The van der Waals surface area contributed by atoms with Crippen LogP contribution in [0.15, 0.2) is 24.3 Å². The standard InChI is InChI=1S/C12H10ClNO2/c13-7-2-1-4-8-5-3-6-9-10(8)14-12(16)11(9)15/h1,3-6H,2,7H2,(H,14,15,16). The van der Waals surface area contributed by atoms with Crippen molar-refractivity contribution in [2.24, 2.45) is 0 Å². The van der Waals surface area contributed by atoms with Gasteiger partial charge >= 0.3 is 0 Å². The van der Waals surface area contributed by atoms with Crippen LogP contribution in [0, 0.1) is 0 Å². The van der Waals surface area contributed by atoms with E-state index >= 15 is 0 Å². The molecule has 3 nitrogen and oxygen atoms in total. The number of para-hydroxylation sites is 1. The number of carbonyl (C=O) groups is 2. The zero-order valence-corrected chi connectivity index (χ0v) is 9.25. The van der Waals surface area contributed by atoms with Gasteiger partial charge in [0.2, 0.25) is 0 Å². The second kappa shape index (κ2) is 4.49. The van der Waals surface area contributed by atoms with Crippen molar-refractivity contribution in [3.05, 3.63) is 35.4 Å². The average Bonchev–Trinajstić information content (AvgIpc) is 2.57. The summed E-state index contributed by atoms with van der Waals surface area (Å²) < 4.78 is 0. The zero-order valence-electron chi connectivity index (χ0n) is 8.50. The molecular formula is C12H10ClNO2. The number of rotatable bonds is 3. The van der Waals surface area contributed by atoms with Gasteiger partial charge in [-0.3, -0.25) is 9.59 Å². The molecule has 16 heavy (non-hydrogen) atoms. The molecule has 1 N–H and O–H groups in total. The summed E-state index contributed by atoms with van der Waals surface area (Å²) in [4.78, 5) is 22.6. The Balaban J connectivity index is 2.36. The predicted octanol–water partition coefficient (Wildman–Crippen LogP) is 2.46. The predicted molar refractivity (Wildman–Crippen MR) is 63.8 cm³/mol. The van der Waals surface area contributed by atoms with Crippen molar-refractivity contribution in [3.8, 4) is 0 Å². The van der Waals surface area contributed by atoms with Crippen LogP contribution in [0.2, 0.25) is 0 Å². The van der Waals surface area contributed by atoms with E-state index in [1.54, 1.807) is 12.1 Å². The van der Waals surface area contributed by atoms with E-state index in [2.05, 4.69) is 5.32 Å². The summed E-state index contributed by atoms with van der Waals surface area (Å²) in [5.74, 6) is -0.479. The lowest BCUT2D eigenvalue weighted by Gasteiger charge is -2.01. The van der Waals surface area contributed by atoms with E-state index in [0.717, 1.165) is 12.0 Å². The first-order chi connectivity index (χ1) is 7.74. The Hall–Kier alpha value is -1.61. The fraction of sp³-hybridized carbons (Fsp3) is 0.167. The van der Waals surface area contributed by atoms with Crippen molar-refractivity contribution >= 4 is 35.1 Å². The van der Waals surface area contributed by atoms with E-state index in [4.69, 9.17) is 11.6 Å². The number of allylic oxidation sites excluding steroid dienone is 1. The van der Waals surface area contributed by atoms with E-state index in [0.29, 0.717) is 17.1 Å². The molecular weight excluding hydrogens is 226 g/mol. The van der Waals surface area contributed by atoms with E-state index in [1.807, 2.05) is 18.2 Å². The molecule has 0 aromatic heterocycles. The molecule has 1 amide bonds. The lowest BCUT2D eigenvalue weighted by atomic mass is 10.1. The van der Waals surface area contributed by atoms with Crippen LogP contribution >= 0.6 is 11.6 Å². The largest absolute Gasteiger partial charge is 0.318 e. The molecule has 1 aromatic rings. The third kappa shape index (κ3) is 1.86. The van der Waals surface area contributed by atoms with Gasteiger partial charge in [-0.25, -0.2) is 0 Å². The van der Waals surface area contributed by atoms with Gasteiger partial charge < -0.3 is 5.32 Å². The molecule has 0 radical (unpaired) electrons. The second-order valence-corrected chi connectivity index (χ2v) is 3.81. The Kier molecular flexibility index (Phi) is 3.06. The number of Topliss-reactive ketones (excluding diaryl/α,β-unsaturated/α-hetero) is 1. The molecule has 0 saturated carbocycles. The number of benzene rings is 1. The maximum absolute atomic E-state index is 11.4. The SMILES string of the molecule is O=C1Nc2c(C=CCCCl)cccc2C1=O. The van der Waals surface area contributed by atoms with Gasteiger partial charge in [0.25, 0.3) is 11.7 Å². The summed E-state index contributed by atoms with van der Waals surface area (Å²) in [5.41, 5.74) is 1.88. The molecule has 0 unspecified atom stereocenters. The first-order valence-electron chi connectivity index (χ1n) is 4.95. The zero-order chi connectivity index (χ0) is 11.5. The molecule has 0 spiro atoms. The number of ketones is 1. The highest BCUT2D eigenvalue weighted by molar-refractivity contribution is 6.52. The van der Waals surface area contributed by atoms with Crippen LogP contribution in [-0.4, -0.2) is 17.6 Å². The number of amides is 1. The first kappa shape index (κ1) is 10.9. The fourth-order valence-electron chi connectivity index (χ4n) is 1.60. The van der Waals surface area contributed by atoms with Crippen molar-refractivity contribution in [2.75, 3.05) is 11.2 Å². The summed E-state index contributed by atoms with van der Waals surface area (Å²) in [5, 5.41) is 2.57. The number of alkyl halides is 1. The average molecular weight is 236 g/mol. The fourth-order valence-corrected chi connectivity index (χ4v) is 1.73. The molecule has 1 aromatic carbocycles. The van der Waals surface area contributed by atoms with Gasteiger partial charge in [0.15, 0.2) is 0 Å². The van der Waals surface area contributed by atoms with Crippen LogP contribution in [0.5, 0.6) is 0 Å². The summed E-state index contributed by atoms with van der Waals surface area (Å²) in [6, 6.07) is 5.26. The minimum atomic E-state index is -0.562. The van der Waals surface area contributed by atoms with Gasteiger partial charge in [-0.15, -0.1) is 11.6 Å². The monoisotopic (exact) mass is 235 g/mol. The molecule has 0 saturated heterocycles. The maximum Gasteiger partial charge on any atom is 0.296 e. The van der Waals surface area contributed by atoms with Gasteiger partial charge in [-0.05, 0) is 18.1 Å². The molecule has 0 fully saturated rings. The number of fused-ring (bicyclic) bond motifs is 1. The normalized spacial score (nSPS) is 14.3. The van der Waals surface area contributed by atoms with E-state index in [-0.39, 0.29) is 0 Å². The number of carbonyl (C=O) groups excluding carboxylic acids is 2. The second-order valence-electron chi connectivity index (χ2n) is 3.43. The van der Waals surface area contributed by atoms with E-state index in [1.165, 1.54) is 0 Å². The summed E-state index contributed by atoms with van der Waals surface area (Å²) in [6.45, 7) is 0. The minimum Gasteiger partial charge on any atom is -0.318 e. The van der Waals surface area contributed by atoms with Crippen LogP contribution in [0.1, 0.15) is 22.3 Å². The lowest BCUT2D eigenvalue weighted by molar-refractivity contribution is -0.112. The topological polar surface area (TPSA) is 46.2 Å². The number of nitrogens with one attached hydrogen (secondary N) is 1. The number of hydrogen-bond donors (Lipinski definition) is 1. The molecule has 4 heteroatoms. The minimum absolute atomic E-state index is 0.443.